The standard InChI is InChI=1S/C19H20N2O6S/c1-10-18(28(3,25)26)12(5-7-17(22)23)16(20-10)9-14-13-8-11(27-2)4-6-15(13)21-19(14)24/h4,6,8-9,20H,5,7H2,1-3H3,(H,21,24)(H,22,23). The Balaban J connectivity index is 2.17. The number of nitrogens with one attached hydrogen (secondary N) is 2. The van der Waals surface area contributed by atoms with Crippen LogP contribution in [0.4, 0.5) is 5.69 Å². The number of amides is 1. The highest BCUT2D eigenvalue weighted by atomic mass is 32.2. The number of fused-ring (bicyclic) bond motifs is 1. The molecule has 0 fully saturated rings. The number of carboxylic acid groups (broad SMARTS) is 1. The number of aliphatic carboxylic acids is 1. The normalized spacial score (nSPS) is 14.8. The van der Waals surface area contributed by atoms with Crippen LogP contribution in [0, 0.1) is 6.92 Å². The fraction of sp³-hybridized carbons (Fsp3) is 0.263. The summed E-state index contributed by atoms with van der Waals surface area (Å²) in [5.74, 6) is -0.794. The van der Waals surface area contributed by atoms with Crippen molar-refractivity contribution in [2.45, 2.75) is 24.7 Å². The Morgan fingerprint density at radius 2 is 2.04 bits per heavy atom. The first kappa shape index (κ1) is 19.7. The van der Waals surface area contributed by atoms with Gasteiger partial charge in [-0.3, -0.25) is 9.59 Å². The van der Waals surface area contributed by atoms with Gasteiger partial charge in [0.15, 0.2) is 9.84 Å². The maximum atomic E-state index is 12.5. The van der Waals surface area contributed by atoms with E-state index in [0.717, 1.165) is 6.26 Å². The first-order valence-electron chi connectivity index (χ1n) is 8.46. The van der Waals surface area contributed by atoms with E-state index in [2.05, 4.69) is 10.3 Å². The lowest BCUT2D eigenvalue weighted by atomic mass is 10.0. The molecule has 0 bridgehead atoms. The van der Waals surface area contributed by atoms with Gasteiger partial charge in [0.1, 0.15) is 5.75 Å². The number of ether oxygens (including phenoxy) is 1. The highest BCUT2D eigenvalue weighted by Crippen LogP contribution is 2.37. The highest BCUT2D eigenvalue weighted by molar-refractivity contribution is 7.90. The van der Waals surface area contributed by atoms with Crippen molar-refractivity contribution in [2.75, 3.05) is 18.7 Å². The van der Waals surface area contributed by atoms with Crippen LogP contribution in [0.2, 0.25) is 0 Å². The van der Waals surface area contributed by atoms with Crippen LogP contribution in [-0.4, -0.2) is 43.8 Å². The molecule has 0 radical (unpaired) electrons. The van der Waals surface area contributed by atoms with E-state index >= 15 is 0 Å². The van der Waals surface area contributed by atoms with Gasteiger partial charge >= 0.3 is 5.97 Å². The number of H-pyrrole nitrogens is 1. The number of aromatic amines is 1. The molecular weight excluding hydrogens is 384 g/mol. The van der Waals surface area contributed by atoms with E-state index in [-0.39, 0.29) is 23.6 Å². The monoisotopic (exact) mass is 404 g/mol. The maximum Gasteiger partial charge on any atom is 0.303 e. The third kappa shape index (κ3) is 3.65. The van der Waals surface area contributed by atoms with Crippen LogP contribution in [-0.2, 0) is 25.8 Å². The SMILES string of the molecule is COc1ccc2c(c1)C(=Cc1[nH]c(C)c(S(C)(=O)=O)c1CCC(=O)O)C(=O)N2. The van der Waals surface area contributed by atoms with Crippen molar-refractivity contribution >= 4 is 39.1 Å². The second-order valence-electron chi connectivity index (χ2n) is 6.56. The number of carbonyl (C=O) groups excluding carboxylic acids is 1. The van der Waals surface area contributed by atoms with Crippen LogP contribution in [0.3, 0.4) is 0 Å². The maximum absolute atomic E-state index is 12.5. The zero-order valence-electron chi connectivity index (χ0n) is 15.6. The van der Waals surface area contributed by atoms with Gasteiger partial charge in [0, 0.05) is 35.3 Å². The largest absolute Gasteiger partial charge is 0.497 e. The van der Waals surface area contributed by atoms with Gasteiger partial charge in [0.05, 0.1) is 17.6 Å². The third-order valence-corrected chi connectivity index (χ3v) is 5.81. The predicted molar refractivity (Wildman–Crippen MR) is 104 cm³/mol. The highest BCUT2D eigenvalue weighted by Gasteiger charge is 2.27. The molecule has 3 N–H and O–H groups in total. The van der Waals surface area contributed by atoms with Crippen molar-refractivity contribution in [3.8, 4) is 5.75 Å². The smallest absolute Gasteiger partial charge is 0.303 e. The predicted octanol–water partition coefficient (Wildman–Crippen LogP) is 2.25. The Morgan fingerprint density at radius 3 is 2.64 bits per heavy atom. The van der Waals surface area contributed by atoms with Crippen LogP contribution in [0.25, 0.3) is 11.6 Å². The number of hydrogen-bond acceptors (Lipinski definition) is 5. The second-order valence-corrected chi connectivity index (χ2v) is 8.51. The summed E-state index contributed by atoms with van der Waals surface area (Å²) >= 11 is 0. The number of sulfone groups is 1. The van der Waals surface area contributed by atoms with Gasteiger partial charge in [-0.15, -0.1) is 0 Å². The van der Waals surface area contributed by atoms with Gasteiger partial charge in [-0.05, 0) is 43.2 Å². The summed E-state index contributed by atoms with van der Waals surface area (Å²) in [7, 11) is -2.06. The van der Waals surface area contributed by atoms with Gasteiger partial charge in [0.25, 0.3) is 5.91 Å². The molecule has 28 heavy (non-hydrogen) atoms. The molecule has 1 aromatic carbocycles. The molecule has 0 saturated carbocycles. The number of aromatic nitrogens is 1. The summed E-state index contributed by atoms with van der Waals surface area (Å²) in [5.41, 5.74) is 2.75. The number of carbonyl (C=O) groups is 2. The molecule has 3 rings (SSSR count). The molecule has 0 spiro atoms. The van der Waals surface area contributed by atoms with Gasteiger partial charge in [-0.25, -0.2) is 8.42 Å². The minimum absolute atomic E-state index is 0.0216. The quantitative estimate of drug-likeness (QED) is 0.634. The first-order chi connectivity index (χ1) is 13.1. The van der Waals surface area contributed by atoms with E-state index in [4.69, 9.17) is 9.84 Å². The van der Waals surface area contributed by atoms with Crippen molar-refractivity contribution < 1.29 is 27.9 Å². The summed E-state index contributed by atoms with van der Waals surface area (Å²) in [6.45, 7) is 1.61. The van der Waals surface area contributed by atoms with Crippen molar-refractivity contribution in [1.82, 2.24) is 4.98 Å². The molecule has 1 aliphatic heterocycles. The number of anilines is 1. The zero-order chi connectivity index (χ0) is 20.6. The number of benzene rings is 1. The number of rotatable bonds is 6. The van der Waals surface area contributed by atoms with Crippen LogP contribution < -0.4 is 10.1 Å². The molecule has 2 aromatic rings. The lowest BCUT2D eigenvalue weighted by Gasteiger charge is -2.05. The molecule has 9 heteroatoms. The topological polar surface area (TPSA) is 126 Å². The summed E-state index contributed by atoms with van der Waals surface area (Å²) in [6.07, 6.45) is 2.42. The third-order valence-electron chi connectivity index (χ3n) is 4.52. The fourth-order valence-corrected chi connectivity index (χ4v) is 4.64. The van der Waals surface area contributed by atoms with E-state index < -0.39 is 15.8 Å². The summed E-state index contributed by atoms with van der Waals surface area (Å²) in [4.78, 5) is 26.5. The lowest BCUT2D eigenvalue weighted by Crippen LogP contribution is -2.06. The average molecular weight is 404 g/mol. The Morgan fingerprint density at radius 1 is 1.32 bits per heavy atom. The van der Waals surface area contributed by atoms with E-state index in [1.165, 1.54) is 7.11 Å². The van der Waals surface area contributed by atoms with Gasteiger partial charge in [0.2, 0.25) is 0 Å². The molecule has 0 saturated heterocycles. The van der Waals surface area contributed by atoms with E-state index in [1.54, 1.807) is 31.2 Å². The number of methoxy groups -OCH3 is 1. The van der Waals surface area contributed by atoms with Crippen LogP contribution >= 0.6 is 0 Å². The molecule has 0 aliphatic carbocycles. The van der Waals surface area contributed by atoms with Crippen LogP contribution in [0.5, 0.6) is 5.75 Å². The average Bonchev–Trinajstić information content (AvgIpc) is 3.09. The lowest BCUT2D eigenvalue weighted by molar-refractivity contribution is -0.137. The van der Waals surface area contributed by atoms with E-state index in [0.29, 0.717) is 39.5 Å². The Kier molecular flexibility index (Phi) is 5.03. The minimum Gasteiger partial charge on any atom is -0.497 e. The molecule has 0 unspecified atom stereocenters. The Labute approximate surface area is 162 Å². The van der Waals surface area contributed by atoms with Gasteiger partial charge in [-0.2, -0.15) is 0 Å². The van der Waals surface area contributed by atoms with E-state index in [1.807, 2.05) is 0 Å². The molecule has 1 aromatic heterocycles. The number of hydrogen-bond donors (Lipinski definition) is 3. The van der Waals surface area contributed by atoms with Crippen molar-refractivity contribution in [1.29, 1.82) is 0 Å². The molecule has 0 atom stereocenters. The first-order valence-corrected chi connectivity index (χ1v) is 10.4. The van der Waals surface area contributed by atoms with E-state index in [9.17, 15) is 18.0 Å². The summed E-state index contributed by atoms with van der Waals surface area (Å²) in [6, 6.07) is 5.16. The second kappa shape index (κ2) is 7.16. The molecule has 148 valence electrons. The fourth-order valence-electron chi connectivity index (χ4n) is 3.37. The van der Waals surface area contributed by atoms with Crippen LogP contribution in [0.15, 0.2) is 23.1 Å². The Bertz CT molecular complexity index is 1110. The molecule has 2 heterocycles. The van der Waals surface area contributed by atoms with Gasteiger partial charge < -0.3 is 20.1 Å². The van der Waals surface area contributed by atoms with Crippen molar-refractivity contribution in [3.05, 3.63) is 40.7 Å². The summed E-state index contributed by atoms with van der Waals surface area (Å²) < 4.78 is 29.7. The van der Waals surface area contributed by atoms with Crippen molar-refractivity contribution in [2.24, 2.45) is 0 Å². The van der Waals surface area contributed by atoms with Crippen molar-refractivity contribution in [3.63, 3.8) is 0 Å². The number of carboxylic acids is 1. The molecule has 1 amide bonds. The molecule has 8 nitrogen and oxygen atoms in total. The van der Waals surface area contributed by atoms with Gasteiger partial charge in [-0.1, -0.05) is 0 Å². The molecular formula is C19H20N2O6S. The Hall–Kier alpha value is -3.07. The zero-order valence-corrected chi connectivity index (χ0v) is 16.4. The van der Waals surface area contributed by atoms with Crippen LogP contribution in [0.1, 0.15) is 28.9 Å². The number of aryl methyl sites for hydroxylation is 1. The summed E-state index contributed by atoms with van der Waals surface area (Å²) in [5, 5.41) is 11.8. The molecule has 1 aliphatic rings. The minimum atomic E-state index is -3.58.